The second kappa shape index (κ2) is 49.8. The van der Waals surface area contributed by atoms with Crippen molar-refractivity contribution in [1.29, 1.82) is 0 Å². The Balaban J connectivity index is 4.27. The summed E-state index contributed by atoms with van der Waals surface area (Å²) in [5.41, 5.74) is 0. The third-order valence-corrected chi connectivity index (χ3v) is 13.0. The molecular weight excluding hydrogens is 781 g/mol. The van der Waals surface area contributed by atoms with E-state index in [0.717, 1.165) is 69.6 Å². The first kappa shape index (κ1) is 61.4. The average molecular weight is 892 g/mol. The van der Waals surface area contributed by atoms with Gasteiger partial charge in [0.05, 0.1) is 0 Å². The molecule has 6 heteroatoms. The van der Waals surface area contributed by atoms with E-state index >= 15 is 0 Å². The fourth-order valence-electron chi connectivity index (χ4n) is 8.70. The van der Waals surface area contributed by atoms with Crippen LogP contribution >= 0.6 is 0 Å². The summed E-state index contributed by atoms with van der Waals surface area (Å²) in [6.45, 7) is 11.4. The van der Waals surface area contributed by atoms with E-state index in [4.69, 9.17) is 14.2 Å². The quantitative estimate of drug-likeness (QED) is 0.0344. The lowest BCUT2D eigenvalue weighted by molar-refractivity contribution is -0.167. The highest BCUT2D eigenvalue weighted by Gasteiger charge is 2.19. The fourth-order valence-corrected chi connectivity index (χ4v) is 8.70. The van der Waals surface area contributed by atoms with Gasteiger partial charge in [-0.05, 0) is 31.1 Å². The normalized spacial score (nSPS) is 12.0. The Morgan fingerprint density at radius 3 is 0.778 bits per heavy atom. The molecule has 0 radical (unpaired) electrons. The predicted molar refractivity (Wildman–Crippen MR) is 270 cm³/mol. The molecule has 0 aliphatic heterocycles. The molecule has 0 aromatic carbocycles. The van der Waals surface area contributed by atoms with E-state index in [1.165, 1.54) is 205 Å². The summed E-state index contributed by atoms with van der Waals surface area (Å²) in [5, 5.41) is 0. The number of carbonyl (C=O) groups excluding carboxylic acids is 3. The van der Waals surface area contributed by atoms with Gasteiger partial charge in [-0.1, -0.05) is 279 Å². The van der Waals surface area contributed by atoms with Crippen molar-refractivity contribution in [1.82, 2.24) is 0 Å². The summed E-state index contributed by atoms with van der Waals surface area (Å²) in [6, 6.07) is 0. The fraction of sp³-hybridized carbons (Fsp3) is 0.947. The van der Waals surface area contributed by atoms with E-state index in [2.05, 4.69) is 34.6 Å². The standard InChI is InChI=1S/C57H110O6/c1-6-7-8-9-10-11-12-13-14-15-16-17-20-24-27-34-39-44-49-57(60)63-54(51-62-56(59)48-43-38-33-29-28-31-36-41-46-53(4)5)50-61-55(58)47-42-37-32-26-23-21-18-19-22-25-30-35-40-45-52(2)3/h52-54H,6-51H2,1-5H3/t54-/m1/s1. The molecule has 0 fully saturated rings. The van der Waals surface area contributed by atoms with Gasteiger partial charge < -0.3 is 14.2 Å². The topological polar surface area (TPSA) is 78.9 Å². The smallest absolute Gasteiger partial charge is 0.306 e. The maximum absolute atomic E-state index is 12.8. The second-order valence-electron chi connectivity index (χ2n) is 20.5. The van der Waals surface area contributed by atoms with Gasteiger partial charge in [0, 0.05) is 19.3 Å². The van der Waals surface area contributed by atoms with Gasteiger partial charge in [-0.3, -0.25) is 14.4 Å². The lowest BCUT2D eigenvalue weighted by atomic mass is 10.0. The molecular formula is C57H110O6. The summed E-state index contributed by atoms with van der Waals surface area (Å²) in [4.78, 5) is 38.1. The zero-order valence-corrected chi connectivity index (χ0v) is 43.2. The van der Waals surface area contributed by atoms with Crippen LogP contribution in [0.2, 0.25) is 0 Å². The molecule has 374 valence electrons. The monoisotopic (exact) mass is 891 g/mol. The Bertz CT molecular complexity index is 962. The van der Waals surface area contributed by atoms with Crippen LogP contribution in [0.15, 0.2) is 0 Å². The van der Waals surface area contributed by atoms with Crippen molar-refractivity contribution < 1.29 is 28.6 Å². The highest BCUT2D eigenvalue weighted by atomic mass is 16.6. The van der Waals surface area contributed by atoms with Crippen LogP contribution in [-0.2, 0) is 28.6 Å². The lowest BCUT2D eigenvalue weighted by Gasteiger charge is -2.18. The molecule has 0 aromatic heterocycles. The minimum absolute atomic E-state index is 0.0634. The Morgan fingerprint density at radius 2 is 0.524 bits per heavy atom. The molecule has 63 heavy (non-hydrogen) atoms. The van der Waals surface area contributed by atoms with Gasteiger partial charge in [0.2, 0.25) is 0 Å². The first-order chi connectivity index (χ1) is 30.7. The second-order valence-corrected chi connectivity index (χ2v) is 20.5. The zero-order chi connectivity index (χ0) is 46.1. The lowest BCUT2D eigenvalue weighted by Crippen LogP contribution is -2.30. The van der Waals surface area contributed by atoms with Gasteiger partial charge in [-0.2, -0.15) is 0 Å². The maximum Gasteiger partial charge on any atom is 0.306 e. The molecule has 0 saturated heterocycles. The zero-order valence-electron chi connectivity index (χ0n) is 43.2. The molecule has 0 amide bonds. The molecule has 0 spiro atoms. The van der Waals surface area contributed by atoms with Gasteiger partial charge in [0.1, 0.15) is 13.2 Å². The molecule has 0 unspecified atom stereocenters. The predicted octanol–water partition coefficient (Wildman–Crippen LogP) is 18.5. The van der Waals surface area contributed by atoms with Gasteiger partial charge in [0.15, 0.2) is 6.10 Å². The van der Waals surface area contributed by atoms with E-state index in [0.29, 0.717) is 19.3 Å². The Kier molecular flexibility index (Phi) is 48.6. The molecule has 0 bridgehead atoms. The average Bonchev–Trinajstić information content (AvgIpc) is 3.25. The van der Waals surface area contributed by atoms with Crippen LogP contribution in [0.1, 0.15) is 317 Å². The van der Waals surface area contributed by atoms with Crippen LogP contribution in [0.25, 0.3) is 0 Å². The van der Waals surface area contributed by atoms with Crippen LogP contribution < -0.4 is 0 Å². The first-order valence-electron chi connectivity index (χ1n) is 28.2. The number of hydrogen-bond donors (Lipinski definition) is 0. The molecule has 0 heterocycles. The van der Waals surface area contributed by atoms with E-state index in [1.807, 2.05) is 0 Å². The third-order valence-electron chi connectivity index (χ3n) is 13.0. The maximum atomic E-state index is 12.8. The summed E-state index contributed by atoms with van der Waals surface area (Å²) in [5.74, 6) is 0.792. The number of ether oxygens (including phenoxy) is 3. The van der Waals surface area contributed by atoms with E-state index in [-0.39, 0.29) is 31.1 Å². The third kappa shape index (κ3) is 51.3. The van der Waals surface area contributed by atoms with Crippen molar-refractivity contribution in [2.75, 3.05) is 13.2 Å². The largest absolute Gasteiger partial charge is 0.462 e. The van der Waals surface area contributed by atoms with Crippen LogP contribution in [0.4, 0.5) is 0 Å². The molecule has 0 aliphatic carbocycles. The van der Waals surface area contributed by atoms with Crippen molar-refractivity contribution in [3.8, 4) is 0 Å². The summed E-state index contributed by atoms with van der Waals surface area (Å²) >= 11 is 0. The number of esters is 3. The summed E-state index contributed by atoms with van der Waals surface area (Å²) in [7, 11) is 0. The SMILES string of the molecule is CCCCCCCCCCCCCCCCCCCCC(=O)O[C@H](COC(=O)CCCCCCCCCCCCCCCC(C)C)COC(=O)CCCCCCCCCCC(C)C. The van der Waals surface area contributed by atoms with Crippen LogP contribution in [0.3, 0.4) is 0 Å². The molecule has 0 saturated carbocycles. The van der Waals surface area contributed by atoms with Crippen molar-refractivity contribution in [2.45, 2.75) is 323 Å². The highest BCUT2D eigenvalue weighted by molar-refractivity contribution is 5.71. The Hall–Kier alpha value is -1.59. The highest BCUT2D eigenvalue weighted by Crippen LogP contribution is 2.18. The molecule has 0 rings (SSSR count). The van der Waals surface area contributed by atoms with Gasteiger partial charge in [0.25, 0.3) is 0 Å². The Morgan fingerprint density at radius 1 is 0.302 bits per heavy atom. The molecule has 1 atom stereocenters. The molecule has 0 aliphatic rings. The number of carbonyl (C=O) groups is 3. The van der Waals surface area contributed by atoms with Crippen LogP contribution in [0.5, 0.6) is 0 Å². The van der Waals surface area contributed by atoms with E-state index < -0.39 is 6.10 Å². The van der Waals surface area contributed by atoms with Gasteiger partial charge in [-0.15, -0.1) is 0 Å². The van der Waals surface area contributed by atoms with Crippen molar-refractivity contribution in [3.05, 3.63) is 0 Å². The van der Waals surface area contributed by atoms with Crippen molar-refractivity contribution >= 4 is 17.9 Å². The van der Waals surface area contributed by atoms with Crippen LogP contribution in [0, 0.1) is 11.8 Å². The van der Waals surface area contributed by atoms with Crippen LogP contribution in [-0.4, -0.2) is 37.2 Å². The molecule has 0 N–H and O–H groups in total. The first-order valence-corrected chi connectivity index (χ1v) is 28.2. The molecule has 0 aromatic rings. The minimum Gasteiger partial charge on any atom is -0.462 e. The summed E-state index contributed by atoms with van der Waals surface area (Å²) in [6.07, 6.45) is 52.4. The van der Waals surface area contributed by atoms with Gasteiger partial charge in [-0.25, -0.2) is 0 Å². The number of rotatable bonds is 51. The number of unbranched alkanes of at least 4 members (excludes halogenated alkanes) is 36. The molecule has 6 nitrogen and oxygen atoms in total. The van der Waals surface area contributed by atoms with Crippen molar-refractivity contribution in [3.63, 3.8) is 0 Å². The number of hydrogen-bond acceptors (Lipinski definition) is 6. The Labute approximate surface area is 393 Å². The van der Waals surface area contributed by atoms with Crippen molar-refractivity contribution in [2.24, 2.45) is 11.8 Å². The summed E-state index contributed by atoms with van der Waals surface area (Å²) < 4.78 is 16.9. The van der Waals surface area contributed by atoms with E-state index in [9.17, 15) is 14.4 Å². The van der Waals surface area contributed by atoms with Gasteiger partial charge >= 0.3 is 17.9 Å². The van der Waals surface area contributed by atoms with E-state index in [1.54, 1.807) is 0 Å². The minimum atomic E-state index is -0.762.